The highest BCUT2D eigenvalue weighted by Gasteiger charge is 2.16. The molecule has 0 aliphatic rings. The molecule has 2 aromatic carbocycles. The van der Waals surface area contributed by atoms with Crippen LogP contribution in [0.4, 0.5) is 11.4 Å². The van der Waals surface area contributed by atoms with Crippen molar-refractivity contribution in [2.45, 2.75) is 18.4 Å². The van der Waals surface area contributed by atoms with E-state index < -0.39 is 21.7 Å². The highest BCUT2D eigenvalue weighted by molar-refractivity contribution is 7.89. The van der Waals surface area contributed by atoms with Crippen molar-refractivity contribution in [3.8, 4) is 0 Å². The molecule has 5 N–H and O–H groups in total. The number of Topliss-reactive ketones (excluding diaryl/α,β-unsaturated/α-hetero) is 1. The zero-order chi connectivity index (χ0) is 19.3. The lowest BCUT2D eigenvalue weighted by molar-refractivity contribution is -0.114. The van der Waals surface area contributed by atoms with Crippen LogP contribution in [-0.2, 0) is 26.2 Å². The SMILES string of the molecule is CC(=O)/C(=N/Cc1ccc(S(N)(=O)=O)cc1)C(=O)Nc1cccc(N)c1. The summed E-state index contributed by atoms with van der Waals surface area (Å²) in [5.41, 5.74) is 6.94. The van der Waals surface area contributed by atoms with Gasteiger partial charge in [0.1, 0.15) is 0 Å². The van der Waals surface area contributed by atoms with Crippen LogP contribution in [0.15, 0.2) is 58.4 Å². The lowest BCUT2D eigenvalue weighted by Crippen LogP contribution is -2.28. The number of carbonyl (C=O) groups excluding carboxylic acids is 2. The largest absolute Gasteiger partial charge is 0.399 e. The number of benzene rings is 2. The van der Waals surface area contributed by atoms with Crippen LogP contribution in [0, 0.1) is 0 Å². The molecule has 0 fully saturated rings. The normalized spacial score (nSPS) is 11.8. The molecule has 8 nitrogen and oxygen atoms in total. The van der Waals surface area contributed by atoms with E-state index in [1.54, 1.807) is 24.3 Å². The number of hydrogen-bond donors (Lipinski definition) is 3. The van der Waals surface area contributed by atoms with Crippen LogP contribution >= 0.6 is 0 Å². The van der Waals surface area contributed by atoms with Gasteiger partial charge < -0.3 is 11.1 Å². The molecule has 2 rings (SSSR count). The number of aliphatic imine (C=N–C) groups is 1. The second-order valence-electron chi connectivity index (χ2n) is 5.49. The van der Waals surface area contributed by atoms with Crippen molar-refractivity contribution in [2.75, 3.05) is 11.1 Å². The van der Waals surface area contributed by atoms with Gasteiger partial charge in [0.15, 0.2) is 11.5 Å². The van der Waals surface area contributed by atoms with Crippen molar-refractivity contribution in [1.82, 2.24) is 0 Å². The molecule has 1 amide bonds. The first-order chi connectivity index (χ1) is 12.2. The van der Waals surface area contributed by atoms with Crippen molar-refractivity contribution in [3.63, 3.8) is 0 Å². The summed E-state index contributed by atoms with van der Waals surface area (Å²) in [6.45, 7) is 1.27. The third-order valence-corrected chi connectivity index (χ3v) is 4.29. The maximum absolute atomic E-state index is 12.3. The van der Waals surface area contributed by atoms with Crippen molar-refractivity contribution >= 4 is 38.8 Å². The fourth-order valence-electron chi connectivity index (χ4n) is 2.10. The molecule has 0 radical (unpaired) electrons. The molecule has 9 heteroatoms. The van der Waals surface area contributed by atoms with Gasteiger partial charge in [-0.25, -0.2) is 13.6 Å². The van der Waals surface area contributed by atoms with Gasteiger partial charge in [-0.15, -0.1) is 0 Å². The van der Waals surface area contributed by atoms with Gasteiger partial charge in [0.2, 0.25) is 10.0 Å². The van der Waals surface area contributed by atoms with Crippen molar-refractivity contribution in [3.05, 3.63) is 54.1 Å². The molecule has 0 saturated carbocycles. The average Bonchev–Trinajstić information content (AvgIpc) is 2.54. The summed E-state index contributed by atoms with van der Waals surface area (Å²) < 4.78 is 22.5. The highest BCUT2D eigenvalue weighted by Crippen LogP contribution is 2.13. The molecule has 2 aromatic rings. The summed E-state index contributed by atoms with van der Waals surface area (Å²) in [4.78, 5) is 28.0. The lowest BCUT2D eigenvalue weighted by atomic mass is 10.2. The first-order valence-electron chi connectivity index (χ1n) is 7.51. The van der Waals surface area contributed by atoms with E-state index in [-0.39, 0.29) is 17.2 Å². The number of anilines is 2. The molecule has 0 aromatic heterocycles. The summed E-state index contributed by atoms with van der Waals surface area (Å²) in [5.74, 6) is -1.14. The molecule has 0 atom stereocenters. The fourth-order valence-corrected chi connectivity index (χ4v) is 2.62. The standard InChI is InChI=1S/C17H18N4O4S/c1-11(22)16(17(23)21-14-4-2-3-13(18)9-14)20-10-12-5-7-15(8-6-12)26(19,24)25/h2-9H,10,18H2,1H3,(H,21,23)(H2,19,24,25)/b20-16-. The first kappa shape index (κ1) is 19.3. The number of nitrogens with one attached hydrogen (secondary N) is 1. The smallest absolute Gasteiger partial charge is 0.277 e. The van der Waals surface area contributed by atoms with Gasteiger partial charge in [-0.05, 0) is 35.9 Å². The quantitative estimate of drug-likeness (QED) is 0.394. The fraction of sp³-hybridized carbons (Fsp3) is 0.118. The Kier molecular flexibility index (Phi) is 5.86. The van der Waals surface area contributed by atoms with Crippen LogP contribution in [0.2, 0.25) is 0 Å². The van der Waals surface area contributed by atoms with Crippen LogP contribution < -0.4 is 16.2 Å². The van der Waals surface area contributed by atoms with Crippen LogP contribution in [0.3, 0.4) is 0 Å². The number of ketones is 1. The maximum Gasteiger partial charge on any atom is 0.277 e. The Hall–Kier alpha value is -3.04. The Labute approximate surface area is 151 Å². The molecular formula is C17H18N4O4S. The monoisotopic (exact) mass is 374 g/mol. The van der Waals surface area contributed by atoms with Gasteiger partial charge >= 0.3 is 0 Å². The molecule has 0 bridgehead atoms. The number of nitrogen functional groups attached to an aromatic ring is 1. The molecule has 136 valence electrons. The number of nitrogens with two attached hydrogens (primary N) is 2. The molecular weight excluding hydrogens is 356 g/mol. The average molecular weight is 374 g/mol. The van der Waals surface area contributed by atoms with Gasteiger partial charge in [-0.1, -0.05) is 18.2 Å². The molecule has 0 saturated heterocycles. The van der Waals surface area contributed by atoms with E-state index in [1.165, 1.54) is 31.2 Å². The van der Waals surface area contributed by atoms with E-state index in [1.807, 2.05) is 0 Å². The number of amides is 1. The molecule has 0 aliphatic carbocycles. The topological polar surface area (TPSA) is 145 Å². The summed E-state index contributed by atoms with van der Waals surface area (Å²) >= 11 is 0. The van der Waals surface area contributed by atoms with Crippen LogP contribution in [0.5, 0.6) is 0 Å². The van der Waals surface area contributed by atoms with E-state index in [9.17, 15) is 18.0 Å². The Balaban J connectivity index is 2.16. The maximum atomic E-state index is 12.3. The second-order valence-corrected chi connectivity index (χ2v) is 7.05. The molecule has 0 spiro atoms. The van der Waals surface area contributed by atoms with Crippen LogP contribution in [-0.4, -0.2) is 25.8 Å². The molecule has 26 heavy (non-hydrogen) atoms. The second kappa shape index (κ2) is 7.89. The van der Waals surface area contributed by atoms with E-state index in [0.717, 1.165) is 0 Å². The minimum absolute atomic E-state index is 0.0311. The van der Waals surface area contributed by atoms with Gasteiger partial charge in [0.25, 0.3) is 5.91 Å². The predicted octanol–water partition coefficient (Wildman–Crippen LogP) is 1.08. The number of carbonyl (C=O) groups is 2. The number of rotatable bonds is 6. The number of hydrogen-bond acceptors (Lipinski definition) is 6. The van der Waals surface area contributed by atoms with Crippen LogP contribution in [0.25, 0.3) is 0 Å². The minimum Gasteiger partial charge on any atom is -0.399 e. The number of sulfonamides is 1. The van der Waals surface area contributed by atoms with Crippen molar-refractivity contribution in [1.29, 1.82) is 0 Å². The number of primary sulfonamides is 1. The van der Waals surface area contributed by atoms with Gasteiger partial charge in [-0.2, -0.15) is 0 Å². The lowest BCUT2D eigenvalue weighted by Gasteiger charge is -2.07. The Morgan fingerprint density at radius 3 is 2.31 bits per heavy atom. The Morgan fingerprint density at radius 2 is 1.77 bits per heavy atom. The van der Waals surface area contributed by atoms with E-state index >= 15 is 0 Å². The van der Waals surface area contributed by atoms with Crippen molar-refractivity contribution in [2.24, 2.45) is 10.1 Å². The minimum atomic E-state index is -3.78. The van der Waals surface area contributed by atoms with Crippen LogP contribution in [0.1, 0.15) is 12.5 Å². The van der Waals surface area contributed by atoms with Gasteiger partial charge in [0, 0.05) is 18.3 Å². The van der Waals surface area contributed by atoms with E-state index in [2.05, 4.69) is 10.3 Å². The third kappa shape index (κ3) is 5.23. The zero-order valence-electron chi connectivity index (χ0n) is 14.0. The predicted molar refractivity (Wildman–Crippen MR) is 99.1 cm³/mol. The van der Waals surface area contributed by atoms with E-state index in [0.29, 0.717) is 16.9 Å². The highest BCUT2D eigenvalue weighted by atomic mass is 32.2. The van der Waals surface area contributed by atoms with Gasteiger partial charge in [0.05, 0.1) is 11.4 Å². The molecule has 0 heterocycles. The summed E-state index contributed by atoms with van der Waals surface area (Å²) in [5, 5.41) is 7.59. The van der Waals surface area contributed by atoms with E-state index in [4.69, 9.17) is 10.9 Å². The Bertz CT molecular complexity index is 967. The zero-order valence-corrected chi connectivity index (χ0v) is 14.8. The summed E-state index contributed by atoms with van der Waals surface area (Å²) in [6, 6.07) is 12.2. The summed E-state index contributed by atoms with van der Waals surface area (Å²) in [7, 11) is -3.78. The van der Waals surface area contributed by atoms with Gasteiger partial charge in [-0.3, -0.25) is 14.6 Å². The molecule has 0 aliphatic heterocycles. The van der Waals surface area contributed by atoms with Crippen molar-refractivity contribution < 1.29 is 18.0 Å². The number of nitrogens with zero attached hydrogens (tertiary/aromatic N) is 1. The Morgan fingerprint density at radius 1 is 1.12 bits per heavy atom. The first-order valence-corrected chi connectivity index (χ1v) is 9.05. The third-order valence-electron chi connectivity index (χ3n) is 3.36. The summed E-state index contributed by atoms with van der Waals surface area (Å²) in [6.07, 6.45) is 0. The molecule has 0 unspecified atom stereocenters.